The standard InChI is InChI=1S/C26H26ClNO2.C26H27NO2.C25H24ClNO2/c1-5-17-10-12-18(13-11-17)20-14-21-23(29)15-26(4,16(2)3)30-25(21)28-24(20)19-8-6-7-9-22(19)27;1-5-18-11-13-19(14-12-18)21-15-22-23(28)16-26(4,6-2)29-25(22)27-24(21)20-10-8-7-9-17(20)3;1-4-25(5-2)15-22(28)20-14-19(17-12-10-16(3)11-13-17)23(27-24(20)29-25)18-8-6-7-9-21(18)26/h6-14,16H,5,15H2,1-4H3;7-15H,5-6,16H2,1-4H3;6-14H,4-5,15H2,1-3H3. The summed E-state index contributed by atoms with van der Waals surface area (Å²) in [4.78, 5) is 53.7. The summed E-state index contributed by atoms with van der Waals surface area (Å²) < 4.78 is 18.9. The average molecular weight is 1210 g/mol. The van der Waals surface area contributed by atoms with Gasteiger partial charge in [-0.3, -0.25) is 14.4 Å². The number of pyridine rings is 3. The van der Waals surface area contributed by atoms with Crippen molar-refractivity contribution in [1.29, 1.82) is 0 Å². The molecule has 6 aromatic carbocycles. The lowest BCUT2D eigenvalue weighted by Crippen LogP contribution is -2.44. The molecule has 9 aromatic rings. The molecule has 0 N–H and O–H groups in total. The third-order valence-corrected chi connectivity index (χ3v) is 18.7. The Bertz CT molecular complexity index is 4080. The number of nitrogens with zero attached hydrogens (tertiary/aromatic N) is 3. The van der Waals surface area contributed by atoms with Crippen LogP contribution in [0.3, 0.4) is 0 Å². The second-order valence-electron chi connectivity index (χ2n) is 24.2. The zero-order chi connectivity index (χ0) is 62.7. The lowest BCUT2D eigenvalue weighted by Gasteiger charge is -2.37. The molecule has 2 atom stereocenters. The lowest BCUT2D eigenvalue weighted by atomic mass is 9.83. The fourth-order valence-electron chi connectivity index (χ4n) is 11.5. The molecule has 6 heterocycles. The first kappa shape index (κ1) is 62.8. The molecule has 0 bridgehead atoms. The molecule has 11 heteroatoms. The number of aromatic nitrogens is 3. The topological polar surface area (TPSA) is 118 Å². The summed E-state index contributed by atoms with van der Waals surface area (Å²) in [5.41, 5.74) is 15.8. The van der Waals surface area contributed by atoms with E-state index in [1.807, 2.05) is 99.6 Å². The number of hydrogen-bond acceptors (Lipinski definition) is 9. The number of carbonyl (C=O) groups is 3. The summed E-state index contributed by atoms with van der Waals surface area (Å²) in [6.07, 6.45) is 5.37. The van der Waals surface area contributed by atoms with E-state index in [2.05, 4.69) is 140 Å². The quantitative estimate of drug-likeness (QED) is 0.118. The lowest BCUT2D eigenvalue weighted by molar-refractivity contribution is 0.0174. The molecule has 3 aromatic heterocycles. The number of Topliss-reactive ketones (excluding diaryl/α,β-unsaturated/α-hetero) is 3. The zero-order valence-electron chi connectivity index (χ0n) is 52.4. The van der Waals surface area contributed by atoms with E-state index in [9.17, 15) is 14.4 Å². The maximum absolute atomic E-state index is 13.1. The van der Waals surface area contributed by atoms with Gasteiger partial charge in [0.2, 0.25) is 17.6 Å². The van der Waals surface area contributed by atoms with E-state index in [0.29, 0.717) is 63.6 Å². The molecule has 9 nitrogen and oxygen atoms in total. The number of fused-ring (bicyclic) bond motifs is 3. The largest absolute Gasteiger partial charge is 0.470 e. The van der Waals surface area contributed by atoms with Crippen molar-refractivity contribution in [2.75, 3.05) is 0 Å². The smallest absolute Gasteiger partial charge is 0.225 e. The highest BCUT2D eigenvalue weighted by Crippen LogP contribution is 2.46. The number of halogens is 2. The number of rotatable bonds is 12. The van der Waals surface area contributed by atoms with E-state index in [0.717, 1.165) is 105 Å². The van der Waals surface area contributed by atoms with E-state index in [1.54, 1.807) is 0 Å². The van der Waals surface area contributed by atoms with Crippen molar-refractivity contribution in [3.8, 4) is 84.8 Å². The highest BCUT2D eigenvalue weighted by molar-refractivity contribution is 6.34. The molecule has 0 saturated heterocycles. The summed E-state index contributed by atoms with van der Waals surface area (Å²) in [6.45, 7) is 22.7. The summed E-state index contributed by atoms with van der Waals surface area (Å²) in [6, 6.07) is 54.4. The Morgan fingerprint density at radius 1 is 0.432 bits per heavy atom. The third-order valence-electron chi connectivity index (χ3n) is 18.0. The van der Waals surface area contributed by atoms with Gasteiger partial charge in [0.25, 0.3) is 0 Å². The normalized spacial score (nSPS) is 17.2. The Morgan fingerprint density at radius 3 is 1.24 bits per heavy atom. The van der Waals surface area contributed by atoms with Crippen molar-refractivity contribution in [3.63, 3.8) is 0 Å². The van der Waals surface area contributed by atoms with Crippen LogP contribution in [0, 0.1) is 19.8 Å². The molecule has 3 aliphatic heterocycles. The van der Waals surface area contributed by atoms with Crippen LogP contribution in [-0.2, 0) is 12.8 Å². The van der Waals surface area contributed by atoms with Crippen LogP contribution in [0.2, 0.25) is 10.0 Å². The molecule has 0 fully saturated rings. The van der Waals surface area contributed by atoms with Crippen molar-refractivity contribution in [1.82, 2.24) is 15.0 Å². The maximum Gasteiger partial charge on any atom is 0.225 e. The van der Waals surface area contributed by atoms with Gasteiger partial charge in [0, 0.05) is 43.4 Å². The van der Waals surface area contributed by atoms with Gasteiger partial charge < -0.3 is 14.2 Å². The predicted octanol–water partition coefficient (Wildman–Crippen LogP) is 20.3. The Hall–Kier alpha value is -8.24. The average Bonchev–Trinajstić information content (AvgIpc) is 1.16. The van der Waals surface area contributed by atoms with Crippen molar-refractivity contribution >= 4 is 40.6 Å². The molecule has 450 valence electrons. The van der Waals surface area contributed by atoms with Gasteiger partial charge in [-0.15, -0.1) is 0 Å². The Balaban J connectivity index is 0.000000146. The predicted molar refractivity (Wildman–Crippen MR) is 358 cm³/mol. The molecule has 2 unspecified atom stereocenters. The summed E-state index contributed by atoms with van der Waals surface area (Å²) in [5.74, 6) is 1.70. The molecule has 12 rings (SSSR count). The van der Waals surface area contributed by atoms with Crippen LogP contribution in [0.1, 0.15) is 154 Å². The zero-order valence-corrected chi connectivity index (χ0v) is 53.9. The number of benzene rings is 6. The fraction of sp³-hybridized carbons (Fsp3) is 0.299. The number of carbonyl (C=O) groups excluding carboxylic acids is 3. The fourth-order valence-corrected chi connectivity index (χ4v) is 11.9. The molecule has 88 heavy (non-hydrogen) atoms. The molecular weight excluding hydrogens is 1130 g/mol. The number of hydrogen-bond donors (Lipinski definition) is 0. The van der Waals surface area contributed by atoms with Crippen LogP contribution in [-0.4, -0.2) is 49.1 Å². The highest BCUT2D eigenvalue weighted by Gasteiger charge is 2.42. The summed E-state index contributed by atoms with van der Waals surface area (Å²) >= 11 is 13.1. The van der Waals surface area contributed by atoms with Gasteiger partial charge in [0.05, 0.1) is 53.0 Å². The number of ketones is 3. The molecule has 0 spiro atoms. The monoisotopic (exact) mass is 1210 g/mol. The molecule has 0 saturated carbocycles. The summed E-state index contributed by atoms with van der Waals surface area (Å²) in [5, 5.41) is 1.23. The van der Waals surface area contributed by atoms with Gasteiger partial charge in [0.15, 0.2) is 17.3 Å². The van der Waals surface area contributed by atoms with E-state index in [-0.39, 0.29) is 23.3 Å². The third kappa shape index (κ3) is 13.0. The molecule has 3 aliphatic rings. The van der Waals surface area contributed by atoms with Crippen LogP contribution in [0.15, 0.2) is 164 Å². The SMILES string of the molecule is CCC1(CC)CC(=O)c2cc(-c3ccc(C)cc3)c(-c3ccccc3Cl)nc2O1.CCc1ccc(-c2cc3c(nc2-c2ccccc2C)OC(C)(CC)CC3=O)cc1.CCc1ccc(-c2cc3c(nc2-c2ccccc2Cl)OC(C)(C(C)C)CC3=O)cc1. The molecule has 0 aliphatic carbocycles. The van der Waals surface area contributed by atoms with Gasteiger partial charge >= 0.3 is 0 Å². The van der Waals surface area contributed by atoms with E-state index in [4.69, 9.17) is 52.4 Å². The minimum Gasteiger partial charge on any atom is -0.470 e. The first-order chi connectivity index (χ1) is 42.2. The number of aryl methyl sites for hydroxylation is 4. The molecule has 0 amide bonds. The van der Waals surface area contributed by atoms with Gasteiger partial charge in [-0.1, -0.05) is 211 Å². The van der Waals surface area contributed by atoms with Crippen molar-refractivity contribution in [2.45, 2.75) is 144 Å². The van der Waals surface area contributed by atoms with Crippen LogP contribution in [0.4, 0.5) is 0 Å². The van der Waals surface area contributed by atoms with Crippen molar-refractivity contribution < 1.29 is 28.6 Å². The Labute approximate surface area is 528 Å². The first-order valence-electron chi connectivity index (χ1n) is 30.9. The second-order valence-corrected chi connectivity index (χ2v) is 25.0. The van der Waals surface area contributed by atoms with E-state index in [1.165, 1.54) is 16.7 Å². The van der Waals surface area contributed by atoms with E-state index < -0.39 is 16.8 Å². The minimum atomic E-state index is -0.570. The van der Waals surface area contributed by atoms with Gasteiger partial charge in [-0.2, -0.15) is 0 Å². The highest BCUT2D eigenvalue weighted by atomic mass is 35.5. The Morgan fingerprint density at radius 2 is 0.818 bits per heavy atom. The van der Waals surface area contributed by atoms with Crippen molar-refractivity contribution in [2.24, 2.45) is 5.92 Å². The van der Waals surface area contributed by atoms with Gasteiger partial charge in [-0.05, 0) is 129 Å². The van der Waals surface area contributed by atoms with Crippen LogP contribution >= 0.6 is 23.2 Å². The van der Waals surface area contributed by atoms with Crippen LogP contribution < -0.4 is 14.2 Å². The number of ether oxygens (including phenoxy) is 3. The van der Waals surface area contributed by atoms with Gasteiger partial charge in [0.1, 0.15) is 16.8 Å². The van der Waals surface area contributed by atoms with Crippen molar-refractivity contribution in [3.05, 3.63) is 213 Å². The molecule has 0 radical (unpaired) electrons. The summed E-state index contributed by atoms with van der Waals surface area (Å²) in [7, 11) is 0. The first-order valence-corrected chi connectivity index (χ1v) is 31.6. The second kappa shape index (κ2) is 26.2. The van der Waals surface area contributed by atoms with Crippen LogP contribution in [0.5, 0.6) is 17.6 Å². The van der Waals surface area contributed by atoms with Crippen LogP contribution in [0.25, 0.3) is 67.2 Å². The maximum atomic E-state index is 13.1. The molecular formula is C77H77Cl2N3O6. The Kier molecular flexibility index (Phi) is 18.7. The van der Waals surface area contributed by atoms with E-state index >= 15 is 0 Å². The van der Waals surface area contributed by atoms with Gasteiger partial charge in [-0.25, -0.2) is 15.0 Å². The minimum absolute atomic E-state index is 0.0667.